The molecule has 0 radical (unpaired) electrons. The number of hydrogen-bond acceptors (Lipinski definition) is 2. The minimum absolute atomic E-state index is 0.0228. The van der Waals surface area contributed by atoms with Crippen LogP contribution < -0.4 is 5.32 Å². The monoisotopic (exact) mass is 282 g/mol. The van der Waals surface area contributed by atoms with Crippen molar-refractivity contribution in [2.75, 3.05) is 5.32 Å². The highest BCUT2D eigenvalue weighted by atomic mass is 19.4. The van der Waals surface area contributed by atoms with Gasteiger partial charge in [-0.3, -0.25) is 0 Å². The molecule has 0 heterocycles. The van der Waals surface area contributed by atoms with Gasteiger partial charge in [0.05, 0.1) is 17.2 Å². The van der Waals surface area contributed by atoms with Crippen LogP contribution in [0.2, 0.25) is 0 Å². The van der Waals surface area contributed by atoms with Crippen LogP contribution in [0, 0.1) is 16.7 Å². The maximum Gasteiger partial charge on any atom is 0.418 e. The van der Waals surface area contributed by atoms with Crippen molar-refractivity contribution in [3.8, 4) is 6.07 Å². The number of nitriles is 1. The Bertz CT molecular complexity index is 541. The molecule has 1 unspecified atom stereocenters. The topological polar surface area (TPSA) is 35.8 Å². The summed E-state index contributed by atoms with van der Waals surface area (Å²) in [6.45, 7) is 4.25. The number of anilines is 1. The first-order valence-electron chi connectivity index (χ1n) is 6.59. The molecule has 0 amide bonds. The van der Waals surface area contributed by atoms with Gasteiger partial charge in [-0.1, -0.05) is 13.8 Å². The Morgan fingerprint density at radius 2 is 2.05 bits per heavy atom. The number of nitrogens with one attached hydrogen (secondary N) is 1. The molecule has 1 aromatic carbocycles. The standard InChI is InChI=1S/C15H17F3N2/c1-14(2)6-5-11(8-14)20-13-4-3-10(9-19)7-12(13)15(16,17)18/h3-4,7,11,20H,5-6,8H2,1-2H3. The van der Waals surface area contributed by atoms with Crippen LogP contribution in [-0.2, 0) is 6.18 Å². The van der Waals surface area contributed by atoms with Crippen molar-refractivity contribution in [3.05, 3.63) is 29.3 Å². The number of nitrogens with zero attached hydrogens (tertiary/aromatic N) is 1. The van der Waals surface area contributed by atoms with Crippen molar-refractivity contribution in [2.45, 2.75) is 45.3 Å². The summed E-state index contributed by atoms with van der Waals surface area (Å²) in [5.41, 5.74) is -0.502. The van der Waals surface area contributed by atoms with Gasteiger partial charge in [0.2, 0.25) is 0 Å². The van der Waals surface area contributed by atoms with Gasteiger partial charge in [-0.25, -0.2) is 0 Å². The third-order valence-electron chi connectivity index (χ3n) is 3.78. The summed E-state index contributed by atoms with van der Waals surface area (Å²) in [7, 11) is 0. The molecule has 0 saturated heterocycles. The average molecular weight is 282 g/mol. The van der Waals surface area contributed by atoms with Crippen LogP contribution in [-0.4, -0.2) is 6.04 Å². The molecule has 1 aliphatic rings. The Morgan fingerprint density at radius 1 is 1.35 bits per heavy atom. The highest BCUT2D eigenvalue weighted by molar-refractivity contribution is 5.56. The molecule has 0 bridgehead atoms. The summed E-state index contributed by atoms with van der Waals surface area (Å²) in [6, 6.07) is 5.47. The van der Waals surface area contributed by atoms with Crippen LogP contribution in [0.4, 0.5) is 18.9 Å². The zero-order chi connectivity index (χ0) is 15.0. The van der Waals surface area contributed by atoms with Crippen LogP contribution in [0.5, 0.6) is 0 Å². The summed E-state index contributed by atoms with van der Waals surface area (Å²) >= 11 is 0. The fourth-order valence-electron chi connectivity index (χ4n) is 2.75. The third kappa shape index (κ3) is 3.24. The first kappa shape index (κ1) is 14.7. The van der Waals surface area contributed by atoms with E-state index in [9.17, 15) is 13.2 Å². The summed E-state index contributed by atoms with van der Waals surface area (Å²) in [5, 5.41) is 11.7. The van der Waals surface area contributed by atoms with E-state index in [0.717, 1.165) is 25.3 Å². The third-order valence-corrected chi connectivity index (χ3v) is 3.78. The first-order valence-corrected chi connectivity index (χ1v) is 6.59. The lowest BCUT2D eigenvalue weighted by Crippen LogP contribution is -2.20. The maximum atomic E-state index is 13.0. The van der Waals surface area contributed by atoms with Gasteiger partial charge in [-0.15, -0.1) is 0 Å². The quantitative estimate of drug-likeness (QED) is 0.862. The Hall–Kier alpha value is -1.70. The van der Waals surface area contributed by atoms with E-state index in [-0.39, 0.29) is 22.7 Å². The number of alkyl halides is 3. The summed E-state index contributed by atoms with van der Waals surface area (Å²) in [6.07, 6.45) is -1.74. The Kier molecular flexibility index (Phi) is 3.68. The number of hydrogen-bond donors (Lipinski definition) is 1. The molecule has 0 spiro atoms. The zero-order valence-corrected chi connectivity index (χ0v) is 11.5. The van der Waals surface area contributed by atoms with Crippen LogP contribution in [0.15, 0.2) is 18.2 Å². The van der Waals surface area contributed by atoms with Gasteiger partial charge in [0.1, 0.15) is 0 Å². The molecular formula is C15H17F3N2. The van der Waals surface area contributed by atoms with Gasteiger partial charge in [0.25, 0.3) is 0 Å². The summed E-state index contributed by atoms with van der Waals surface area (Å²) in [4.78, 5) is 0. The molecule has 2 nitrogen and oxygen atoms in total. The largest absolute Gasteiger partial charge is 0.418 e. The zero-order valence-electron chi connectivity index (χ0n) is 11.5. The van der Waals surface area contributed by atoms with Crippen molar-refractivity contribution in [1.29, 1.82) is 5.26 Å². The molecule has 1 atom stereocenters. The molecule has 1 aromatic rings. The summed E-state index contributed by atoms with van der Waals surface area (Å²) in [5.74, 6) is 0. The SMILES string of the molecule is CC1(C)CCC(Nc2ccc(C#N)cc2C(F)(F)F)C1. The summed E-state index contributed by atoms with van der Waals surface area (Å²) < 4.78 is 39.1. The molecule has 0 aromatic heterocycles. The predicted octanol–water partition coefficient (Wildman–Crippen LogP) is 4.57. The minimum atomic E-state index is -4.46. The first-order chi connectivity index (χ1) is 9.21. The fourth-order valence-corrected chi connectivity index (χ4v) is 2.75. The molecule has 1 aliphatic carbocycles. The lowest BCUT2D eigenvalue weighted by molar-refractivity contribution is -0.137. The smallest absolute Gasteiger partial charge is 0.382 e. The van der Waals surface area contributed by atoms with E-state index < -0.39 is 11.7 Å². The molecule has 1 fully saturated rings. The van der Waals surface area contributed by atoms with Crippen molar-refractivity contribution in [1.82, 2.24) is 0 Å². The van der Waals surface area contributed by atoms with Gasteiger partial charge in [-0.2, -0.15) is 18.4 Å². The Labute approximate surface area is 116 Å². The van der Waals surface area contributed by atoms with Gasteiger partial charge >= 0.3 is 6.18 Å². The fraction of sp³-hybridized carbons (Fsp3) is 0.533. The van der Waals surface area contributed by atoms with Gasteiger partial charge in [0.15, 0.2) is 0 Å². The lowest BCUT2D eigenvalue weighted by Gasteiger charge is -2.21. The number of halogens is 3. The molecule has 1 N–H and O–H groups in total. The molecule has 0 aliphatic heterocycles. The van der Waals surface area contributed by atoms with Gasteiger partial charge in [-0.05, 0) is 42.9 Å². The van der Waals surface area contributed by atoms with E-state index in [0.29, 0.717) is 0 Å². The second kappa shape index (κ2) is 5.01. The minimum Gasteiger partial charge on any atom is -0.382 e. The van der Waals surface area contributed by atoms with E-state index >= 15 is 0 Å². The van der Waals surface area contributed by atoms with E-state index in [1.165, 1.54) is 12.1 Å². The second-order valence-electron chi connectivity index (χ2n) is 6.12. The maximum absolute atomic E-state index is 13.0. The molecular weight excluding hydrogens is 265 g/mol. The Morgan fingerprint density at radius 3 is 2.55 bits per heavy atom. The number of benzene rings is 1. The van der Waals surface area contributed by atoms with E-state index in [1.54, 1.807) is 6.07 Å². The normalized spacial score (nSPS) is 21.5. The number of rotatable bonds is 2. The van der Waals surface area contributed by atoms with E-state index in [2.05, 4.69) is 19.2 Å². The molecule has 1 saturated carbocycles. The average Bonchev–Trinajstić information content (AvgIpc) is 2.68. The molecule has 2 rings (SSSR count). The van der Waals surface area contributed by atoms with Crippen molar-refractivity contribution >= 4 is 5.69 Å². The van der Waals surface area contributed by atoms with Crippen LogP contribution in [0.3, 0.4) is 0 Å². The highest BCUT2D eigenvalue weighted by Crippen LogP contribution is 2.41. The van der Waals surface area contributed by atoms with Gasteiger partial charge in [0, 0.05) is 11.7 Å². The van der Waals surface area contributed by atoms with Gasteiger partial charge < -0.3 is 5.32 Å². The second-order valence-corrected chi connectivity index (χ2v) is 6.12. The van der Waals surface area contributed by atoms with Crippen molar-refractivity contribution in [3.63, 3.8) is 0 Å². The lowest BCUT2D eigenvalue weighted by atomic mass is 9.92. The highest BCUT2D eigenvalue weighted by Gasteiger charge is 2.36. The van der Waals surface area contributed by atoms with Crippen molar-refractivity contribution in [2.24, 2.45) is 5.41 Å². The van der Waals surface area contributed by atoms with E-state index in [1.807, 2.05) is 0 Å². The van der Waals surface area contributed by atoms with Crippen LogP contribution in [0.25, 0.3) is 0 Å². The molecule has 20 heavy (non-hydrogen) atoms. The van der Waals surface area contributed by atoms with Crippen LogP contribution in [0.1, 0.15) is 44.2 Å². The van der Waals surface area contributed by atoms with Crippen molar-refractivity contribution < 1.29 is 13.2 Å². The van der Waals surface area contributed by atoms with Crippen LogP contribution >= 0.6 is 0 Å². The predicted molar refractivity (Wildman–Crippen MR) is 71.2 cm³/mol. The molecule has 108 valence electrons. The Balaban J connectivity index is 2.26. The molecule has 5 heteroatoms. The van der Waals surface area contributed by atoms with E-state index in [4.69, 9.17) is 5.26 Å².